The van der Waals surface area contributed by atoms with Gasteiger partial charge in [0.15, 0.2) is 0 Å². The van der Waals surface area contributed by atoms with Crippen LogP contribution < -0.4 is 5.32 Å². The lowest BCUT2D eigenvalue weighted by Gasteiger charge is -2.12. The minimum atomic E-state index is -1.07. The van der Waals surface area contributed by atoms with Gasteiger partial charge in [0.05, 0.1) is 15.5 Å². The van der Waals surface area contributed by atoms with Gasteiger partial charge in [-0.25, -0.2) is 4.79 Å². The Morgan fingerprint density at radius 3 is 2.62 bits per heavy atom. The zero-order valence-corrected chi connectivity index (χ0v) is 18.0. The van der Waals surface area contributed by atoms with Gasteiger partial charge in [0.1, 0.15) is 5.56 Å². The van der Waals surface area contributed by atoms with E-state index in [9.17, 15) is 14.7 Å². The van der Waals surface area contributed by atoms with Gasteiger partial charge in [-0.15, -0.1) is 11.3 Å². The van der Waals surface area contributed by atoms with E-state index in [1.807, 2.05) is 6.08 Å². The van der Waals surface area contributed by atoms with E-state index < -0.39 is 5.97 Å². The van der Waals surface area contributed by atoms with Gasteiger partial charge in [-0.3, -0.25) is 4.79 Å². The Balaban J connectivity index is 1.56. The predicted molar refractivity (Wildman–Crippen MR) is 121 cm³/mol. The molecule has 1 saturated carbocycles. The van der Waals surface area contributed by atoms with E-state index >= 15 is 0 Å². The van der Waals surface area contributed by atoms with E-state index in [1.165, 1.54) is 41.5 Å². The van der Waals surface area contributed by atoms with Crippen LogP contribution in [0.1, 0.15) is 42.5 Å². The Kier molecular flexibility index (Phi) is 6.13. The molecule has 4 rings (SSSR count). The summed E-state index contributed by atoms with van der Waals surface area (Å²) in [7, 11) is 0. The molecule has 1 aromatic carbocycles. The topological polar surface area (TPSA) is 66.4 Å². The molecule has 0 atom stereocenters. The second-order valence-corrected chi connectivity index (χ2v) is 9.39. The Labute approximate surface area is 182 Å². The first kappa shape index (κ1) is 20.3. The van der Waals surface area contributed by atoms with Gasteiger partial charge < -0.3 is 10.4 Å². The fourth-order valence-electron chi connectivity index (χ4n) is 3.35. The van der Waals surface area contributed by atoms with Crippen LogP contribution in [0.15, 0.2) is 51.6 Å². The molecule has 150 valence electrons. The van der Waals surface area contributed by atoms with Crippen LogP contribution >= 0.6 is 34.7 Å². The SMILES string of the molecule is O=C(Nc1csc(-c2ccc(Cl)cc2)c1C(=O)O)C1=CCCCC(C2CC2)=CS1. The summed E-state index contributed by atoms with van der Waals surface area (Å²) >= 11 is 8.68. The van der Waals surface area contributed by atoms with Crippen LogP contribution in [0.5, 0.6) is 0 Å². The van der Waals surface area contributed by atoms with E-state index in [1.54, 1.807) is 29.6 Å². The minimum Gasteiger partial charge on any atom is -0.478 e. The van der Waals surface area contributed by atoms with Crippen molar-refractivity contribution in [1.29, 1.82) is 0 Å². The third-order valence-electron chi connectivity index (χ3n) is 5.02. The summed E-state index contributed by atoms with van der Waals surface area (Å²) in [5.74, 6) is -0.629. The highest BCUT2D eigenvalue weighted by atomic mass is 35.5. The lowest BCUT2D eigenvalue weighted by molar-refractivity contribution is -0.112. The lowest BCUT2D eigenvalue weighted by atomic mass is 10.1. The van der Waals surface area contributed by atoms with Gasteiger partial charge in [-0.2, -0.15) is 0 Å². The number of allylic oxidation sites excluding steroid dienone is 2. The van der Waals surface area contributed by atoms with E-state index in [0.29, 0.717) is 26.4 Å². The van der Waals surface area contributed by atoms with Crippen molar-refractivity contribution in [1.82, 2.24) is 0 Å². The number of thioether (sulfide) groups is 1. The Bertz CT molecular complexity index is 1000. The number of benzene rings is 1. The summed E-state index contributed by atoms with van der Waals surface area (Å²) in [5, 5.41) is 17.0. The van der Waals surface area contributed by atoms with Crippen molar-refractivity contribution >= 4 is 52.3 Å². The van der Waals surface area contributed by atoms with Crippen molar-refractivity contribution in [3.63, 3.8) is 0 Å². The number of amides is 1. The first-order chi connectivity index (χ1) is 14.0. The minimum absolute atomic E-state index is 0.108. The maximum absolute atomic E-state index is 12.9. The number of halogens is 1. The summed E-state index contributed by atoms with van der Waals surface area (Å²) in [6.45, 7) is 0. The number of anilines is 1. The summed E-state index contributed by atoms with van der Waals surface area (Å²) in [4.78, 5) is 26.0. The molecule has 0 saturated heterocycles. The molecule has 2 N–H and O–H groups in total. The second kappa shape index (κ2) is 8.78. The van der Waals surface area contributed by atoms with Gasteiger partial charge in [-0.1, -0.05) is 47.1 Å². The lowest BCUT2D eigenvalue weighted by Crippen LogP contribution is -2.15. The number of carbonyl (C=O) groups excluding carboxylic acids is 1. The molecule has 7 heteroatoms. The van der Waals surface area contributed by atoms with Crippen molar-refractivity contribution < 1.29 is 14.7 Å². The highest BCUT2D eigenvalue weighted by Gasteiger charge is 2.27. The summed E-state index contributed by atoms with van der Waals surface area (Å²) in [6, 6.07) is 7.01. The molecule has 0 radical (unpaired) electrons. The molecule has 29 heavy (non-hydrogen) atoms. The van der Waals surface area contributed by atoms with Gasteiger partial charge in [0, 0.05) is 10.4 Å². The average Bonchev–Trinajstić information content (AvgIpc) is 3.42. The molecule has 4 nitrogen and oxygen atoms in total. The van der Waals surface area contributed by atoms with Crippen LogP contribution in [0.4, 0.5) is 5.69 Å². The van der Waals surface area contributed by atoms with Crippen molar-refractivity contribution in [3.8, 4) is 10.4 Å². The van der Waals surface area contributed by atoms with Crippen LogP contribution in [-0.4, -0.2) is 17.0 Å². The molecule has 1 aliphatic carbocycles. The van der Waals surface area contributed by atoms with Crippen molar-refractivity contribution in [2.75, 3.05) is 5.32 Å². The number of nitrogens with one attached hydrogen (secondary N) is 1. The smallest absolute Gasteiger partial charge is 0.339 e. The van der Waals surface area contributed by atoms with Crippen LogP contribution in [0.3, 0.4) is 0 Å². The number of hydrogen-bond donors (Lipinski definition) is 2. The second-order valence-electron chi connectivity index (χ2n) is 7.17. The third kappa shape index (κ3) is 4.77. The molecule has 2 heterocycles. The number of carboxylic acid groups (broad SMARTS) is 1. The summed E-state index contributed by atoms with van der Waals surface area (Å²) < 4.78 is 0. The Hall–Kier alpha value is -2.02. The number of hydrogen-bond acceptors (Lipinski definition) is 4. The molecule has 0 bridgehead atoms. The van der Waals surface area contributed by atoms with E-state index in [4.69, 9.17) is 11.6 Å². The molecule has 1 aromatic heterocycles. The van der Waals surface area contributed by atoms with Crippen LogP contribution in [0.2, 0.25) is 5.02 Å². The van der Waals surface area contributed by atoms with Gasteiger partial charge in [0.2, 0.25) is 0 Å². The monoisotopic (exact) mass is 445 g/mol. The predicted octanol–water partition coefficient (Wildman–Crippen LogP) is 6.80. The van der Waals surface area contributed by atoms with Crippen molar-refractivity contribution in [2.45, 2.75) is 32.1 Å². The maximum Gasteiger partial charge on any atom is 0.339 e. The molecule has 0 spiro atoms. The van der Waals surface area contributed by atoms with Crippen molar-refractivity contribution in [2.24, 2.45) is 5.92 Å². The number of rotatable bonds is 5. The molecule has 1 aliphatic heterocycles. The van der Waals surface area contributed by atoms with E-state index in [0.717, 1.165) is 24.8 Å². The summed E-state index contributed by atoms with van der Waals surface area (Å²) in [6.07, 6.45) is 7.45. The first-order valence-electron chi connectivity index (χ1n) is 9.50. The van der Waals surface area contributed by atoms with Crippen molar-refractivity contribution in [3.05, 3.63) is 62.2 Å². The molecule has 2 aliphatic rings. The van der Waals surface area contributed by atoms with E-state index in [-0.39, 0.29) is 11.5 Å². The highest BCUT2D eigenvalue weighted by molar-refractivity contribution is 8.06. The third-order valence-corrected chi connectivity index (χ3v) is 7.33. The molecular weight excluding hydrogens is 426 g/mol. The Morgan fingerprint density at radius 2 is 1.93 bits per heavy atom. The fourth-order valence-corrected chi connectivity index (χ4v) is 5.43. The van der Waals surface area contributed by atoms with E-state index in [2.05, 4.69) is 10.7 Å². The molecule has 0 unspecified atom stereocenters. The average molecular weight is 446 g/mol. The largest absolute Gasteiger partial charge is 0.478 e. The van der Waals surface area contributed by atoms with Gasteiger partial charge >= 0.3 is 5.97 Å². The Morgan fingerprint density at radius 1 is 1.17 bits per heavy atom. The first-order valence-corrected chi connectivity index (χ1v) is 11.6. The fraction of sp³-hybridized carbons (Fsp3) is 0.273. The normalized spacial score (nSPS) is 17.0. The highest BCUT2D eigenvalue weighted by Crippen LogP contribution is 2.42. The molecule has 1 fully saturated rings. The quantitative estimate of drug-likeness (QED) is 0.531. The van der Waals surface area contributed by atoms with Crippen LogP contribution in [0.25, 0.3) is 10.4 Å². The molecule has 2 aromatic rings. The summed E-state index contributed by atoms with van der Waals surface area (Å²) in [5.41, 5.74) is 2.64. The standard InChI is InChI=1S/C22H20ClNO3S2/c23-16-9-7-14(8-10-16)20-19(22(26)27)17(12-29-20)24-21(25)18-4-2-1-3-15(11-28-18)13-5-6-13/h4,7-13H,1-3,5-6H2,(H,24,25)(H,26,27). The van der Waals surface area contributed by atoms with Gasteiger partial charge in [0.25, 0.3) is 5.91 Å². The molecule has 1 amide bonds. The van der Waals surface area contributed by atoms with Gasteiger partial charge in [-0.05, 0) is 61.1 Å². The number of carboxylic acids is 1. The number of thiophene rings is 1. The zero-order valence-electron chi connectivity index (χ0n) is 15.6. The number of aromatic carboxylic acids is 1. The van der Waals surface area contributed by atoms with Crippen LogP contribution in [-0.2, 0) is 4.79 Å². The number of carbonyl (C=O) groups is 2. The van der Waals surface area contributed by atoms with Crippen LogP contribution in [0, 0.1) is 5.92 Å². The molecular formula is C22H20ClNO3S2. The maximum atomic E-state index is 12.9. The zero-order chi connectivity index (χ0) is 20.4.